The van der Waals surface area contributed by atoms with E-state index in [1.165, 1.54) is 18.4 Å². The fraction of sp³-hybridized carbons (Fsp3) is 0.105. The second-order valence-electron chi connectivity index (χ2n) is 5.33. The van der Waals surface area contributed by atoms with Crippen molar-refractivity contribution in [3.63, 3.8) is 0 Å². The van der Waals surface area contributed by atoms with Crippen LogP contribution in [0.5, 0.6) is 5.88 Å². The van der Waals surface area contributed by atoms with Gasteiger partial charge in [-0.15, -0.1) is 11.3 Å². The van der Waals surface area contributed by atoms with Crippen molar-refractivity contribution in [3.05, 3.63) is 76.1 Å². The summed E-state index contributed by atoms with van der Waals surface area (Å²) in [5.41, 5.74) is 1.62. The van der Waals surface area contributed by atoms with Gasteiger partial charge in [0.05, 0.1) is 23.2 Å². The molecule has 6 nitrogen and oxygen atoms in total. The third-order valence-corrected chi connectivity index (χ3v) is 4.52. The van der Waals surface area contributed by atoms with Crippen LogP contribution in [-0.2, 0) is 6.54 Å². The van der Waals surface area contributed by atoms with E-state index in [1.807, 2.05) is 11.4 Å². The molecule has 0 atom stereocenters. The quantitative estimate of drug-likeness (QED) is 0.700. The monoisotopic (exact) mass is 367 g/mol. The normalized spacial score (nSPS) is 10.2. The van der Waals surface area contributed by atoms with Crippen LogP contribution in [-0.4, -0.2) is 23.9 Å². The zero-order valence-electron chi connectivity index (χ0n) is 14.1. The van der Waals surface area contributed by atoms with Gasteiger partial charge in [-0.25, -0.2) is 4.98 Å². The summed E-state index contributed by atoms with van der Waals surface area (Å²) in [5.74, 6) is -0.0701. The van der Waals surface area contributed by atoms with E-state index in [0.717, 1.165) is 5.56 Å². The van der Waals surface area contributed by atoms with Gasteiger partial charge in [-0.1, -0.05) is 24.3 Å². The molecule has 0 aliphatic heterocycles. The Morgan fingerprint density at radius 2 is 1.92 bits per heavy atom. The molecule has 2 aromatic heterocycles. The number of anilines is 1. The van der Waals surface area contributed by atoms with Gasteiger partial charge in [0.2, 0.25) is 5.88 Å². The maximum Gasteiger partial charge on any atom is 0.265 e. The number of hydrogen-bond acceptors (Lipinski definition) is 5. The van der Waals surface area contributed by atoms with Gasteiger partial charge in [0.1, 0.15) is 0 Å². The van der Waals surface area contributed by atoms with E-state index >= 15 is 0 Å². The number of amides is 2. The second-order valence-corrected chi connectivity index (χ2v) is 6.28. The van der Waals surface area contributed by atoms with Crippen LogP contribution in [0.25, 0.3) is 0 Å². The first-order valence-electron chi connectivity index (χ1n) is 7.89. The Kier molecular flexibility index (Phi) is 5.60. The molecule has 2 N–H and O–H groups in total. The lowest BCUT2D eigenvalue weighted by molar-refractivity contribution is 0.0951. The molecule has 0 bridgehead atoms. The average molecular weight is 367 g/mol. The number of pyridine rings is 1. The highest BCUT2D eigenvalue weighted by molar-refractivity contribution is 7.12. The molecule has 132 valence electrons. The number of methoxy groups -OCH3 is 1. The molecule has 7 heteroatoms. The molecule has 0 aliphatic rings. The van der Waals surface area contributed by atoms with Crippen molar-refractivity contribution in [2.24, 2.45) is 0 Å². The lowest BCUT2D eigenvalue weighted by Gasteiger charge is -2.12. The molecule has 0 saturated heterocycles. The third-order valence-electron chi connectivity index (χ3n) is 3.65. The average Bonchev–Trinajstić information content (AvgIpc) is 3.21. The fourth-order valence-electron chi connectivity index (χ4n) is 2.39. The van der Waals surface area contributed by atoms with E-state index in [0.29, 0.717) is 22.0 Å². The Morgan fingerprint density at radius 3 is 2.69 bits per heavy atom. The van der Waals surface area contributed by atoms with Crippen LogP contribution in [0.3, 0.4) is 0 Å². The van der Waals surface area contributed by atoms with Crippen LogP contribution in [0.1, 0.15) is 25.6 Å². The number of benzene rings is 1. The molecule has 26 heavy (non-hydrogen) atoms. The van der Waals surface area contributed by atoms with Crippen molar-refractivity contribution in [1.82, 2.24) is 10.3 Å². The van der Waals surface area contributed by atoms with Crippen LogP contribution < -0.4 is 15.4 Å². The summed E-state index contributed by atoms with van der Waals surface area (Å²) in [4.78, 5) is 29.5. The van der Waals surface area contributed by atoms with Crippen LogP contribution in [0, 0.1) is 0 Å². The van der Waals surface area contributed by atoms with Crippen LogP contribution in [0.2, 0.25) is 0 Å². The lowest BCUT2D eigenvalue weighted by atomic mass is 10.1. The zero-order valence-corrected chi connectivity index (χ0v) is 14.9. The third kappa shape index (κ3) is 4.07. The highest BCUT2D eigenvalue weighted by Crippen LogP contribution is 2.19. The minimum Gasteiger partial charge on any atom is -0.481 e. The SMILES string of the molecule is COc1ncccc1CNC(=O)c1ccccc1NC(=O)c1cccs1. The summed E-state index contributed by atoms with van der Waals surface area (Å²) in [7, 11) is 1.53. The predicted octanol–water partition coefficient (Wildman–Crippen LogP) is 3.33. The summed E-state index contributed by atoms with van der Waals surface area (Å²) in [6, 6.07) is 14.0. The maximum absolute atomic E-state index is 12.6. The molecule has 0 unspecified atom stereocenters. The van der Waals surface area contributed by atoms with Gasteiger partial charge >= 0.3 is 0 Å². The topological polar surface area (TPSA) is 80.3 Å². The number of carbonyl (C=O) groups excluding carboxylic acids is 2. The number of carbonyl (C=O) groups is 2. The smallest absolute Gasteiger partial charge is 0.265 e. The molecular formula is C19H17N3O3S. The summed E-state index contributed by atoms with van der Waals surface area (Å²) in [6.45, 7) is 0.267. The molecule has 0 aliphatic carbocycles. The molecule has 2 amide bonds. The van der Waals surface area contributed by atoms with E-state index in [-0.39, 0.29) is 18.4 Å². The first-order chi connectivity index (χ1) is 12.7. The molecule has 2 heterocycles. The summed E-state index contributed by atoms with van der Waals surface area (Å²) in [6.07, 6.45) is 1.62. The maximum atomic E-state index is 12.6. The number of ether oxygens (including phenoxy) is 1. The van der Waals surface area contributed by atoms with Crippen LogP contribution >= 0.6 is 11.3 Å². The van der Waals surface area contributed by atoms with Crippen molar-refractivity contribution in [2.45, 2.75) is 6.54 Å². The number of hydrogen-bond donors (Lipinski definition) is 2. The second kappa shape index (κ2) is 8.26. The minimum atomic E-state index is -0.294. The Morgan fingerprint density at radius 1 is 1.08 bits per heavy atom. The highest BCUT2D eigenvalue weighted by atomic mass is 32.1. The van der Waals surface area contributed by atoms with Crippen molar-refractivity contribution in [3.8, 4) is 5.88 Å². The Hall–Kier alpha value is -3.19. The Balaban J connectivity index is 1.72. The van der Waals surface area contributed by atoms with Crippen molar-refractivity contribution >= 4 is 28.8 Å². The number of thiophene rings is 1. The fourth-order valence-corrected chi connectivity index (χ4v) is 3.01. The van der Waals surface area contributed by atoms with E-state index < -0.39 is 0 Å². The molecular weight excluding hydrogens is 350 g/mol. The van der Waals surface area contributed by atoms with Crippen molar-refractivity contribution in [1.29, 1.82) is 0 Å². The molecule has 0 saturated carbocycles. The Bertz CT molecular complexity index is 910. The van der Waals surface area contributed by atoms with Gasteiger partial charge in [-0.05, 0) is 29.6 Å². The van der Waals surface area contributed by atoms with E-state index in [1.54, 1.807) is 48.7 Å². The largest absolute Gasteiger partial charge is 0.481 e. The molecule has 3 aromatic rings. The standard InChI is InChI=1S/C19H17N3O3S/c1-25-19-13(6-4-10-20-19)12-21-17(23)14-7-2-3-8-15(14)22-18(24)16-9-5-11-26-16/h2-11H,12H2,1H3,(H,21,23)(H,22,24). The summed E-state index contributed by atoms with van der Waals surface area (Å²) >= 11 is 1.34. The number of nitrogens with one attached hydrogen (secondary N) is 2. The number of para-hydroxylation sites is 1. The van der Waals surface area contributed by atoms with E-state index in [4.69, 9.17) is 4.74 Å². The van der Waals surface area contributed by atoms with Crippen LogP contribution in [0.4, 0.5) is 5.69 Å². The first kappa shape index (κ1) is 17.6. The highest BCUT2D eigenvalue weighted by Gasteiger charge is 2.15. The van der Waals surface area contributed by atoms with Gasteiger partial charge in [0.25, 0.3) is 11.8 Å². The number of rotatable bonds is 6. The lowest BCUT2D eigenvalue weighted by Crippen LogP contribution is -2.25. The molecule has 3 rings (SSSR count). The van der Waals surface area contributed by atoms with Crippen molar-refractivity contribution < 1.29 is 14.3 Å². The molecule has 0 spiro atoms. The van der Waals surface area contributed by atoms with Gasteiger partial charge < -0.3 is 15.4 Å². The first-order valence-corrected chi connectivity index (χ1v) is 8.77. The number of aromatic nitrogens is 1. The van der Waals surface area contributed by atoms with Crippen molar-refractivity contribution in [2.75, 3.05) is 12.4 Å². The summed E-state index contributed by atoms with van der Waals surface area (Å²) in [5, 5.41) is 7.45. The van der Waals surface area contributed by atoms with Gasteiger partial charge in [0.15, 0.2) is 0 Å². The summed E-state index contributed by atoms with van der Waals surface area (Å²) < 4.78 is 5.18. The Labute approximate surface area is 154 Å². The van der Waals surface area contributed by atoms with E-state index in [2.05, 4.69) is 15.6 Å². The molecule has 0 radical (unpaired) electrons. The van der Waals surface area contributed by atoms with Crippen LogP contribution in [0.15, 0.2) is 60.1 Å². The molecule has 0 fully saturated rings. The minimum absolute atomic E-state index is 0.242. The predicted molar refractivity (Wildman–Crippen MR) is 101 cm³/mol. The zero-order chi connectivity index (χ0) is 18.4. The van der Waals surface area contributed by atoms with Gasteiger partial charge in [0, 0.05) is 18.3 Å². The molecule has 1 aromatic carbocycles. The number of nitrogens with zero attached hydrogens (tertiary/aromatic N) is 1. The van der Waals surface area contributed by atoms with E-state index in [9.17, 15) is 9.59 Å². The van der Waals surface area contributed by atoms with Gasteiger partial charge in [-0.2, -0.15) is 0 Å². The van der Waals surface area contributed by atoms with Gasteiger partial charge in [-0.3, -0.25) is 9.59 Å².